The molecule has 2 aliphatic heterocycles. The molecule has 1 aromatic heterocycles. The zero-order valence-electron chi connectivity index (χ0n) is 8.56. The van der Waals surface area contributed by atoms with E-state index in [2.05, 4.69) is 10.5 Å². The Labute approximate surface area is 87.4 Å². The number of likely N-dealkylation sites (tertiary alicyclic amines) is 1. The van der Waals surface area contributed by atoms with Crippen LogP contribution >= 0.6 is 0 Å². The summed E-state index contributed by atoms with van der Waals surface area (Å²) in [5.74, 6) is 0.660. The smallest absolute Gasteiger partial charge is 0.259 e. The number of nitrogens with one attached hydrogen (secondary N) is 1. The van der Waals surface area contributed by atoms with Crippen LogP contribution in [0.25, 0.3) is 0 Å². The van der Waals surface area contributed by atoms with E-state index in [0.29, 0.717) is 23.4 Å². The van der Waals surface area contributed by atoms with Gasteiger partial charge in [0.05, 0.1) is 12.2 Å². The van der Waals surface area contributed by atoms with Gasteiger partial charge in [-0.1, -0.05) is 5.16 Å². The minimum Gasteiger partial charge on any atom is -0.361 e. The minimum absolute atomic E-state index is 0.0544. The fourth-order valence-electron chi connectivity index (χ4n) is 2.41. The largest absolute Gasteiger partial charge is 0.361 e. The number of fused-ring (bicyclic) bond motifs is 1. The molecular formula is C10H13N3O2. The zero-order valence-corrected chi connectivity index (χ0v) is 8.56. The number of amides is 1. The molecule has 0 bridgehead atoms. The predicted molar refractivity (Wildman–Crippen MR) is 52.5 cm³/mol. The molecule has 1 amide bonds. The number of nitrogens with zero attached hydrogens (tertiary/aromatic N) is 2. The summed E-state index contributed by atoms with van der Waals surface area (Å²) in [6.07, 6.45) is 2.56. The molecule has 5 nitrogen and oxygen atoms in total. The Kier molecular flexibility index (Phi) is 1.82. The van der Waals surface area contributed by atoms with Gasteiger partial charge in [0.15, 0.2) is 0 Å². The van der Waals surface area contributed by atoms with Crippen LogP contribution in [0.5, 0.6) is 0 Å². The first-order valence-electron chi connectivity index (χ1n) is 5.23. The van der Waals surface area contributed by atoms with Gasteiger partial charge in [-0.2, -0.15) is 0 Å². The summed E-state index contributed by atoms with van der Waals surface area (Å²) in [6.45, 7) is 3.60. The summed E-state index contributed by atoms with van der Waals surface area (Å²) >= 11 is 0. The van der Waals surface area contributed by atoms with E-state index in [1.807, 2.05) is 4.90 Å². The van der Waals surface area contributed by atoms with Crippen molar-refractivity contribution in [3.05, 3.63) is 17.5 Å². The molecule has 3 rings (SSSR count). The van der Waals surface area contributed by atoms with Gasteiger partial charge >= 0.3 is 0 Å². The molecule has 3 heterocycles. The Morgan fingerprint density at radius 3 is 3.27 bits per heavy atom. The van der Waals surface area contributed by atoms with Crippen molar-refractivity contribution >= 4 is 5.91 Å². The maximum Gasteiger partial charge on any atom is 0.259 e. The van der Waals surface area contributed by atoms with Crippen molar-refractivity contribution in [2.45, 2.75) is 25.4 Å². The van der Waals surface area contributed by atoms with Gasteiger partial charge in [-0.25, -0.2) is 0 Å². The lowest BCUT2D eigenvalue weighted by Crippen LogP contribution is -2.62. The third kappa shape index (κ3) is 1.19. The van der Waals surface area contributed by atoms with Gasteiger partial charge in [0.25, 0.3) is 5.91 Å². The van der Waals surface area contributed by atoms with Crippen molar-refractivity contribution in [3.63, 3.8) is 0 Å². The Morgan fingerprint density at radius 2 is 2.60 bits per heavy atom. The minimum atomic E-state index is 0.0544. The van der Waals surface area contributed by atoms with Crippen molar-refractivity contribution in [1.29, 1.82) is 0 Å². The van der Waals surface area contributed by atoms with Gasteiger partial charge in [0.1, 0.15) is 11.3 Å². The lowest BCUT2D eigenvalue weighted by atomic mass is 9.96. The normalized spacial score (nSPS) is 28.7. The number of carbonyl (C=O) groups excluding carboxylic acids is 1. The molecule has 1 aromatic rings. The Bertz CT molecular complexity index is 401. The summed E-state index contributed by atoms with van der Waals surface area (Å²) in [5.41, 5.74) is 0.598. The number of hydrogen-bond donors (Lipinski definition) is 1. The molecule has 2 fully saturated rings. The molecule has 0 spiro atoms. The summed E-state index contributed by atoms with van der Waals surface area (Å²) < 4.78 is 4.90. The van der Waals surface area contributed by atoms with Crippen molar-refractivity contribution in [2.24, 2.45) is 0 Å². The molecule has 2 atom stereocenters. The Hall–Kier alpha value is -1.36. The van der Waals surface area contributed by atoms with Crippen molar-refractivity contribution in [3.8, 4) is 0 Å². The van der Waals surface area contributed by atoms with Crippen LogP contribution in [-0.4, -0.2) is 41.1 Å². The van der Waals surface area contributed by atoms with Gasteiger partial charge in [0.2, 0.25) is 0 Å². The molecule has 80 valence electrons. The second-order valence-corrected chi connectivity index (χ2v) is 4.17. The first-order chi connectivity index (χ1) is 7.27. The summed E-state index contributed by atoms with van der Waals surface area (Å²) in [7, 11) is 0. The third-order valence-corrected chi connectivity index (χ3v) is 3.35. The second-order valence-electron chi connectivity index (χ2n) is 4.17. The Balaban J connectivity index is 1.79. The molecule has 0 saturated carbocycles. The molecule has 0 aliphatic carbocycles. The lowest BCUT2D eigenvalue weighted by Gasteiger charge is -2.43. The summed E-state index contributed by atoms with van der Waals surface area (Å²) in [4.78, 5) is 14.0. The monoisotopic (exact) mass is 207 g/mol. The van der Waals surface area contributed by atoms with Crippen LogP contribution in [0.15, 0.2) is 10.7 Å². The van der Waals surface area contributed by atoms with Gasteiger partial charge in [-0.3, -0.25) is 4.79 Å². The van der Waals surface area contributed by atoms with Crippen LogP contribution in [-0.2, 0) is 0 Å². The third-order valence-electron chi connectivity index (χ3n) is 3.35. The first kappa shape index (κ1) is 8.91. The maximum atomic E-state index is 12.0. The fourth-order valence-corrected chi connectivity index (χ4v) is 2.41. The van der Waals surface area contributed by atoms with Crippen LogP contribution in [0.4, 0.5) is 0 Å². The highest BCUT2D eigenvalue weighted by molar-refractivity contribution is 5.95. The molecule has 1 N–H and O–H groups in total. The predicted octanol–water partition coefficient (Wildman–Crippen LogP) is 0.169. The average molecular weight is 207 g/mol. The van der Waals surface area contributed by atoms with E-state index >= 15 is 0 Å². The molecule has 15 heavy (non-hydrogen) atoms. The van der Waals surface area contributed by atoms with E-state index in [0.717, 1.165) is 19.5 Å². The number of aryl methyl sites for hydroxylation is 1. The molecule has 5 heteroatoms. The van der Waals surface area contributed by atoms with Crippen molar-refractivity contribution < 1.29 is 9.32 Å². The topological polar surface area (TPSA) is 58.4 Å². The van der Waals surface area contributed by atoms with Crippen LogP contribution < -0.4 is 5.32 Å². The zero-order chi connectivity index (χ0) is 10.4. The van der Waals surface area contributed by atoms with Crippen LogP contribution in [0.2, 0.25) is 0 Å². The standard InChI is InChI=1S/C10H13N3O2/c1-6-7(4-12-15-6)10(14)13-5-8-9(13)2-3-11-8/h4,8-9,11H,2-3,5H2,1H3. The van der Waals surface area contributed by atoms with Crippen molar-refractivity contribution in [1.82, 2.24) is 15.4 Å². The van der Waals surface area contributed by atoms with E-state index < -0.39 is 0 Å². The van der Waals surface area contributed by atoms with E-state index in [4.69, 9.17) is 4.52 Å². The summed E-state index contributed by atoms with van der Waals surface area (Å²) in [5, 5.41) is 7.00. The van der Waals surface area contributed by atoms with E-state index in [1.165, 1.54) is 6.20 Å². The summed E-state index contributed by atoms with van der Waals surface area (Å²) in [6, 6.07) is 0.890. The molecule has 0 aromatic carbocycles. The number of aromatic nitrogens is 1. The SMILES string of the molecule is Cc1oncc1C(=O)N1CC2NCCC21. The fraction of sp³-hybridized carbons (Fsp3) is 0.600. The van der Waals surface area contributed by atoms with Gasteiger partial charge in [-0.15, -0.1) is 0 Å². The van der Waals surface area contributed by atoms with Crippen LogP contribution in [0.3, 0.4) is 0 Å². The Morgan fingerprint density at radius 1 is 1.73 bits per heavy atom. The number of rotatable bonds is 1. The number of hydrogen-bond acceptors (Lipinski definition) is 4. The molecule has 2 saturated heterocycles. The highest BCUT2D eigenvalue weighted by Gasteiger charge is 2.45. The van der Waals surface area contributed by atoms with Crippen LogP contribution in [0.1, 0.15) is 22.5 Å². The molecular weight excluding hydrogens is 194 g/mol. The highest BCUT2D eigenvalue weighted by Crippen LogP contribution is 2.27. The quantitative estimate of drug-likeness (QED) is 0.713. The molecule has 2 aliphatic rings. The first-order valence-corrected chi connectivity index (χ1v) is 5.23. The molecule has 0 radical (unpaired) electrons. The average Bonchev–Trinajstić information content (AvgIpc) is 2.74. The van der Waals surface area contributed by atoms with E-state index in [9.17, 15) is 4.79 Å². The van der Waals surface area contributed by atoms with Gasteiger partial charge < -0.3 is 14.7 Å². The van der Waals surface area contributed by atoms with Gasteiger partial charge in [0, 0.05) is 12.6 Å². The second kappa shape index (κ2) is 3.06. The van der Waals surface area contributed by atoms with Crippen LogP contribution in [0, 0.1) is 6.92 Å². The van der Waals surface area contributed by atoms with Crippen molar-refractivity contribution in [2.75, 3.05) is 13.1 Å². The van der Waals surface area contributed by atoms with E-state index in [1.54, 1.807) is 6.92 Å². The number of carbonyl (C=O) groups is 1. The highest BCUT2D eigenvalue weighted by atomic mass is 16.5. The van der Waals surface area contributed by atoms with E-state index in [-0.39, 0.29) is 5.91 Å². The van der Waals surface area contributed by atoms with Gasteiger partial charge in [-0.05, 0) is 19.9 Å². The maximum absolute atomic E-state index is 12.0. The molecule has 2 unspecified atom stereocenters. The lowest BCUT2D eigenvalue weighted by molar-refractivity contribution is 0.0409.